The molecule has 3 heterocycles. The van der Waals surface area contributed by atoms with Crippen molar-refractivity contribution in [2.45, 2.75) is 0 Å². The van der Waals surface area contributed by atoms with Gasteiger partial charge in [0.2, 0.25) is 0 Å². The van der Waals surface area contributed by atoms with Gasteiger partial charge in [-0.1, -0.05) is 140 Å². The highest BCUT2D eigenvalue weighted by atomic mass is 32.1. The largest absolute Gasteiger partial charge is 0.309 e. The van der Waals surface area contributed by atoms with Gasteiger partial charge in [-0.3, -0.25) is 0 Å². The molecule has 0 aliphatic rings. The summed E-state index contributed by atoms with van der Waals surface area (Å²) in [6, 6.07) is 62.4. The first kappa shape index (κ1) is 28.6. The molecule has 50 heavy (non-hydrogen) atoms. The molecule has 0 N–H and O–H groups in total. The quantitative estimate of drug-likeness (QED) is 0.185. The van der Waals surface area contributed by atoms with E-state index in [1.807, 2.05) is 11.3 Å². The zero-order valence-corrected chi connectivity index (χ0v) is 27.8. The van der Waals surface area contributed by atoms with Gasteiger partial charge in [-0.2, -0.15) is 0 Å². The van der Waals surface area contributed by atoms with Gasteiger partial charge in [0.15, 0.2) is 5.82 Å². The number of nitrogens with zero attached hydrogens (tertiary/aromatic N) is 3. The van der Waals surface area contributed by atoms with Gasteiger partial charge < -0.3 is 4.57 Å². The van der Waals surface area contributed by atoms with Crippen LogP contribution in [-0.4, -0.2) is 14.5 Å². The van der Waals surface area contributed by atoms with Crippen LogP contribution in [-0.2, 0) is 0 Å². The third kappa shape index (κ3) is 4.65. The van der Waals surface area contributed by atoms with E-state index in [-0.39, 0.29) is 0 Å². The molecule has 0 amide bonds. The van der Waals surface area contributed by atoms with Crippen LogP contribution in [0.1, 0.15) is 0 Å². The van der Waals surface area contributed by atoms with Crippen LogP contribution in [0, 0.1) is 0 Å². The van der Waals surface area contributed by atoms with Crippen molar-refractivity contribution in [3.8, 4) is 50.7 Å². The third-order valence-corrected chi connectivity index (χ3v) is 10.9. The zero-order valence-electron chi connectivity index (χ0n) is 27.0. The van der Waals surface area contributed by atoms with Crippen molar-refractivity contribution in [2.75, 3.05) is 0 Å². The molecule has 10 aromatic rings. The molecule has 4 heteroatoms. The Labute approximate surface area is 293 Å². The SMILES string of the molecule is c1ccc(-c2ccc(-c3cc(-c4cccc5c6ccccc6n(-c6ccccc6)c45)nc(-c4cccc5c4sc4ccccc45)n3)cc2)cc1. The Morgan fingerprint density at radius 2 is 1.02 bits per heavy atom. The van der Waals surface area contributed by atoms with Gasteiger partial charge in [-0.15, -0.1) is 11.3 Å². The summed E-state index contributed by atoms with van der Waals surface area (Å²) in [6.45, 7) is 0. The Morgan fingerprint density at radius 3 is 1.84 bits per heavy atom. The Morgan fingerprint density at radius 1 is 0.420 bits per heavy atom. The number of aromatic nitrogens is 3. The van der Waals surface area contributed by atoms with E-state index in [4.69, 9.17) is 9.97 Å². The first-order chi connectivity index (χ1) is 24.8. The maximum atomic E-state index is 5.42. The number of para-hydroxylation sites is 3. The fourth-order valence-corrected chi connectivity index (χ4v) is 8.52. The van der Waals surface area contributed by atoms with Gasteiger partial charge in [-0.25, -0.2) is 9.97 Å². The molecule has 0 fully saturated rings. The highest BCUT2D eigenvalue weighted by Crippen LogP contribution is 2.42. The average molecular weight is 656 g/mol. The van der Waals surface area contributed by atoms with Crippen molar-refractivity contribution in [3.05, 3.63) is 176 Å². The van der Waals surface area contributed by atoms with Gasteiger partial charge in [0.05, 0.1) is 22.4 Å². The molecular weight excluding hydrogens is 627 g/mol. The number of thiophene rings is 1. The number of fused-ring (bicyclic) bond motifs is 6. The van der Waals surface area contributed by atoms with E-state index in [0.717, 1.165) is 45.1 Å². The van der Waals surface area contributed by atoms with Crippen molar-refractivity contribution in [2.24, 2.45) is 0 Å². The summed E-state index contributed by atoms with van der Waals surface area (Å²) in [5.41, 5.74) is 10.7. The molecule has 0 aliphatic carbocycles. The minimum Gasteiger partial charge on any atom is -0.309 e. The maximum absolute atomic E-state index is 5.42. The molecule has 7 aromatic carbocycles. The monoisotopic (exact) mass is 655 g/mol. The molecule has 10 rings (SSSR count). The third-order valence-electron chi connectivity index (χ3n) is 9.64. The first-order valence-electron chi connectivity index (χ1n) is 16.8. The van der Waals surface area contributed by atoms with Crippen LogP contribution in [0.4, 0.5) is 0 Å². The molecule has 0 aliphatic heterocycles. The Bertz CT molecular complexity index is 2850. The van der Waals surface area contributed by atoms with Gasteiger partial charge in [0.1, 0.15) is 0 Å². The van der Waals surface area contributed by atoms with Crippen LogP contribution in [0.2, 0.25) is 0 Å². The van der Waals surface area contributed by atoms with Crippen molar-refractivity contribution in [3.63, 3.8) is 0 Å². The lowest BCUT2D eigenvalue weighted by Gasteiger charge is -2.14. The highest BCUT2D eigenvalue weighted by molar-refractivity contribution is 7.26. The number of rotatable bonds is 5. The van der Waals surface area contributed by atoms with E-state index in [1.165, 1.54) is 47.6 Å². The first-order valence-corrected chi connectivity index (χ1v) is 17.7. The highest BCUT2D eigenvalue weighted by Gasteiger charge is 2.20. The lowest BCUT2D eigenvalue weighted by molar-refractivity contribution is 1.16. The summed E-state index contributed by atoms with van der Waals surface area (Å²) < 4.78 is 4.84. The predicted molar refractivity (Wildman–Crippen MR) is 211 cm³/mol. The van der Waals surface area contributed by atoms with Crippen LogP contribution in [0.15, 0.2) is 176 Å². The van der Waals surface area contributed by atoms with Crippen molar-refractivity contribution in [1.29, 1.82) is 0 Å². The van der Waals surface area contributed by atoms with Crippen LogP contribution in [0.25, 0.3) is 92.7 Å². The van der Waals surface area contributed by atoms with E-state index >= 15 is 0 Å². The van der Waals surface area contributed by atoms with Crippen molar-refractivity contribution < 1.29 is 0 Å². The molecule has 3 nitrogen and oxygen atoms in total. The van der Waals surface area contributed by atoms with Gasteiger partial charge in [0, 0.05) is 53.3 Å². The molecule has 0 spiro atoms. The average Bonchev–Trinajstić information content (AvgIpc) is 3.75. The lowest BCUT2D eigenvalue weighted by atomic mass is 10.0. The fourth-order valence-electron chi connectivity index (χ4n) is 7.31. The Balaban J connectivity index is 1.25. The topological polar surface area (TPSA) is 30.7 Å². The van der Waals surface area contributed by atoms with Crippen molar-refractivity contribution >= 4 is 53.3 Å². The number of hydrogen-bond donors (Lipinski definition) is 0. The summed E-state index contributed by atoms with van der Waals surface area (Å²) >= 11 is 1.81. The van der Waals surface area contributed by atoms with Crippen molar-refractivity contribution in [1.82, 2.24) is 14.5 Å². The normalized spacial score (nSPS) is 11.6. The van der Waals surface area contributed by atoms with Crippen LogP contribution >= 0.6 is 11.3 Å². The minimum atomic E-state index is 0.723. The summed E-state index contributed by atoms with van der Waals surface area (Å²) in [5.74, 6) is 0.723. The molecule has 3 aromatic heterocycles. The summed E-state index contributed by atoms with van der Waals surface area (Å²) in [6.07, 6.45) is 0. The smallest absolute Gasteiger partial charge is 0.161 e. The molecule has 0 atom stereocenters. The Kier molecular flexibility index (Phi) is 6.68. The van der Waals surface area contributed by atoms with E-state index < -0.39 is 0 Å². The molecule has 0 unspecified atom stereocenters. The second kappa shape index (κ2) is 11.7. The van der Waals surface area contributed by atoms with Crippen LogP contribution in [0.3, 0.4) is 0 Å². The summed E-state index contributed by atoms with van der Waals surface area (Å²) in [4.78, 5) is 10.7. The Hall–Kier alpha value is -6.36. The summed E-state index contributed by atoms with van der Waals surface area (Å²) in [5, 5.41) is 4.91. The standard InChI is InChI=1S/C46H29N3S/c1-3-13-30(14-4-1)31-25-27-32(28-26-31)40-29-41(48-46(47-40)39-22-12-20-37-35-18-8-10-24-43(35)50-45(37)39)38-21-11-19-36-34-17-7-9-23-42(34)49(44(36)38)33-15-5-2-6-16-33/h1-29H. The van der Waals surface area contributed by atoms with Gasteiger partial charge >= 0.3 is 0 Å². The number of benzene rings is 7. The molecule has 234 valence electrons. The molecule has 0 saturated carbocycles. The molecular formula is C46H29N3S. The van der Waals surface area contributed by atoms with E-state index in [9.17, 15) is 0 Å². The van der Waals surface area contributed by atoms with E-state index in [2.05, 4.69) is 180 Å². The minimum absolute atomic E-state index is 0.723. The van der Waals surface area contributed by atoms with E-state index in [1.54, 1.807) is 0 Å². The molecule has 0 saturated heterocycles. The zero-order chi connectivity index (χ0) is 33.0. The summed E-state index contributed by atoms with van der Waals surface area (Å²) in [7, 11) is 0. The molecule has 0 radical (unpaired) electrons. The second-order valence-electron chi connectivity index (χ2n) is 12.6. The van der Waals surface area contributed by atoms with Gasteiger partial charge in [-0.05, 0) is 47.5 Å². The predicted octanol–water partition coefficient (Wildman–Crippen LogP) is 12.6. The molecule has 0 bridgehead atoms. The second-order valence-corrected chi connectivity index (χ2v) is 13.6. The van der Waals surface area contributed by atoms with Gasteiger partial charge in [0.25, 0.3) is 0 Å². The van der Waals surface area contributed by atoms with Crippen LogP contribution in [0.5, 0.6) is 0 Å². The number of hydrogen-bond acceptors (Lipinski definition) is 3. The fraction of sp³-hybridized carbons (Fsp3) is 0. The van der Waals surface area contributed by atoms with E-state index in [0.29, 0.717) is 0 Å². The maximum Gasteiger partial charge on any atom is 0.161 e. The van der Waals surface area contributed by atoms with Crippen LogP contribution < -0.4 is 0 Å². The lowest BCUT2D eigenvalue weighted by Crippen LogP contribution is -1.99.